The van der Waals surface area contributed by atoms with Crippen molar-refractivity contribution in [2.24, 2.45) is 5.92 Å². The first-order valence-corrected chi connectivity index (χ1v) is 6.61. The maximum Gasteiger partial charge on any atom is 0.0434 e. The van der Waals surface area contributed by atoms with E-state index >= 15 is 0 Å². The van der Waals surface area contributed by atoms with E-state index in [1.165, 1.54) is 45.3 Å². The molecule has 0 aliphatic rings. The molecule has 0 bridgehead atoms. The van der Waals surface area contributed by atoms with Gasteiger partial charge in [0, 0.05) is 13.2 Å². The van der Waals surface area contributed by atoms with E-state index < -0.39 is 0 Å². The maximum atomic E-state index is 9.02. The number of nitrogens with zero attached hydrogens (tertiary/aromatic N) is 1. The standard InChI is InChI=1S/C13H29NO/c1-4-7-13(8-11-15)12-14(9-5-2)10-6-3/h13,15H,4-12H2,1-3H3. The second-order valence-corrected chi connectivity index (χ2v) is 4.47. The van der Waals surface area contributed by atoms with Crippen LogP contribution in [0.2, 0.25) is 0 Å². The van der Waals surface area contributed by atoms with Crippen LogP contribution in [-0.2, 0) is 0 Å². The third-order valence-electron chi connectivity index (χ3n) is 2.83. The van der Waals surface area contributed by atoms with Crippen molar-refractivity contribution in [2.75, 3.05) is 26.2 Å². The zero-order chi connectivity index (χ0) is 11.5. The molecule has 0 aromatic heterocycles. The Morgan fingerprint density at radius 3 is 1.93 bits per heavy atom. The lowest BCUT2D eigenvalue weighted by Gasteiger charge is -2.26. The first-order chi connectivity index (χ1) is 7.28. The Bertz CT molecular complexity index is 102. The lowest BCUT2D eigenvalue weighted by atomic mass is 9.99. The molecule has 0 amide bonds. The highest BCUT2D eigenvalue weighted by atomic mass is 16.3. The summed E-state index contributed by atoms with van der Waals surface area (Å²) in [6, 6.07) is 0. The fourth-order valence-electron chi connectivity index (χ4n) is 2.21. The second-order valence-electron chi connectivity index (χ2n) is 4.47. The van der Waals surface area contributed by atoms with E-state index in [4.69, 9.17) is 5.11 Å². The van der Waals surface area contributed by atoms with Crippen molar-refractivity contribution in [3.8, 4) is 0 Å². The molecule has 0 saturated heterocycles. The molecular weight excluding hydrogens is 186 g/mol. The van der Waals surface area contributed by atoms with Crippen LogP contribution >= 0.6 is 0 Å². The lowest BCUT2D eigenvalue weighted by molar-refractivity contribution is 0.187. The summed E-state index contributed by atoms with van der Waals surface area (Å²) in [5, 5.41) is 9.02. The van der Waals surface area contributed by atoms with Crippen LogP contribution in [0.5, 0.6) is 0 Å². The molecule has 0 fully saturated rings. The van der Waals surface area contributed by atoms with Crippen LogP contribution < -0.4 is 0 Å². The predicted molar refractivity (Wildman–Crippen MR) is 67.1 cm³/mol. The summed E-state index contributed by atoms with van der Waals surface area (Å²) in [6.45, 7) is 10.6. The molecule has 1 atom stereocenters. The molecule has 0 aromatic carbocycles. The molecule has 15 heavy (non-hydrogen) atoms. The highest BCUT2D eigenvalue weighted by molar-refractivity contribution is 4.65. The minimum absolute atomic E-state index is 0.344. The Morgan fingerprint density at radius 2 is 1.53 bits per heavy atom. The zero-order valence-electron chi connectivity index (χ0n) is 10.8. The first kappa shape index (κ1) is 14.9. The molecule has 2 heteroatoms. The van der Waals surface area contributed by atoms with Crippen molar-refractivity contribution in [2.45, 2.75) is 52.9 Å². The highest BCUT2D eigenvalue weighted by Gasteiger charge is 2.11. The number of hydrogen-bond acceptors (Lipinski definition) is 2. The fourth-order valence-corrected chi connectivity index (χ4v) is 2.21. The van der Waals surface area contributed by atoms with Crippen molar-refractivity contribution >= 4 is 0 Å². The molecule has 0 heterocycles. The SMILES string of the molecule is CCCC(CCO)CN(CCC)CCC. The van der Waals surface area contributed by atoms with E-state index in [2.05, 4.69) is 25.7 Å². The topological polar surface area (TPSA) is 23.5 Å². The van der Waals surface area contributed by atoms with Crippen LogP contribution in [-0.4, -0.2) is 36.2 Å². The zero-order valence-corrected chi connectivity index (χ0v) is 10.8. The van der Waals surface area contributed by atoms with Crippen LogP contribution in [0.25, 0.3) is 0 Å². The quantitative estimate of drug-likeness (QED) is 0.606. The van der Waals surface area contributed by atoms with Gasteiger partial charge in [-0.3, -0.25) is 0 Å². The lowest BCUT2D eigenvalue weighted by Crippen LogP contribution is -2.31. The average Bonchev–Trinajstić information content (AvgIpc) is 2.19. The summed E-state index contributed by atoms with van der Waals surface area (Å²) in [4.78, 5) is 2.55. The molecule has 0 aliphatic carbocycles. The molecule has 0 aromatic rings. The van der Waals surface area contributed by atoms with Crippen molar-refractivity contribution in [3.63, 3.8) is 0 Å². The van der Waals surface area contributed by atoms with Gasteiger partial charge in [0.05, 0.1) is 0 Å². The van der Waals surface area contributed by atoms with E-state index in [-0.39, 0.29) is 0 Å². The molecule has 92 valence electrons. The fraction of sp³-hybridized carbons (Fsp3) is 1.00. The van der Waals surface area contributed by atoms with Crippen molar-refractivity contribution in [3.05, 3.63) is 0 Å². The Hall–Kier alpha value is -0.0800. The molecular formula is C13H29NO. The second kappa shape index (κ2) is 10.4. The highest BCUT2D eigenvalue weighted by Crippen LogP contribution is 2.13. The van der Waals surface area contributed by atoms with Gasteiger partial charge in [0.2, 0.25) is 0 Å². The van der Waals surface area contributed by atoms with E-state index in [9.17, 15) is 0 Å². The van der Waals surface area contributed by atoms with Crippen LogP contribution in [0.1, 0.15) is 52.9 Å². The summed E-state index contributed by atoms with van der Waals surface area (Å²) in [5.74, 6) is 0.693. The summed E-state index contributed by atoms with van der Waals surface area (Å²) < 4.78 is 0. The number of hydrogen-bond donors (Lipinski definition) is 1. The molecule has 1 unspecified atom stereocenters. The monoisotopic (exact) mass is 215 g/mol. The van der Waals surface area contributed by atoms with Gasteiger partial charge in [0.15, 0.2) is 0 Å². The molecule has 1 N–H and O–H groups in total. The normalized spacial score (nSPS) is 13.4. The van der Waals surface area contributed by atoms with E-state index in [0.717, 1.165) is 6.42 Å². The smallest absolute Gasteiger partial charge is 0.0434 e. The summed E-state index contributed by atoms with van der Waals surface area (Å²) in [5.41, 5.74) is 0. The Balaban J connectivity index is 3.93. The van der Waals surface area contributed by atoms with Crippen LogP contribution in [0, 0.1) is 5.92 Å². The molecule has 0 spiro atoms. The van der Waals surface area contributed by atoms with Gasteiger partial charge >= 0.3 is 0 Å². The minimum atomic E-state index is 0.344. The van der Waals surface area contributed by atoms with Gasteiger partial charge in [0.1, 0.15) is 0 Å². The van der Waals surface area contributed by atoms with Gasteiger partial charge in [-0.2, -0.15) is 0 Å². The summed E-state index contributed by atoms with van der Waals surface area (Å²) in [7, 11) is 0. The summed E-state index contributed by atoms with van der Waals surface area (Å²) >= 11 is 0. The van der Waals surface area contributed by atoms with Crippen LogP contribution in [0.15, 0.2) is 0 Å². The van der Waals surface area contributed by atoms with Crippen molar-refractivity contribution in [1.29, 1.82) is 0 Å². The van der Waals surface area contributed by atoms with Crippen LogP contribution in [0.3, 0.4) is 0 Å². The van der Waals surface area contributed by atoms with Gasteiger partial charge in [-0.1, -0.05) is 27.2 Å². The van der Waals surface area contributed by atoms with Gasteiger partial charge in [-0.05, 0) is 44.7 Å². The van der Waals surface area contributed by atoms with Gasteiger partial charge in [-0.25, -0.2) is 0 Å². The van der Waals surface area contributed by atoms with Crippen molar-refractivity contribution < 1.29 is 5.11 Å². The third kappa shape index (κ3) is 7.80. The van der Waals surface area contributed by atoms with E-state index in [1.807, 2.05) is 0 Å². The number of aliphatic hydroxyl groups is 1. The maximum absolute atomic E-state index is 9.02. The van der Waals surface area contributed by atoms with Gasteiger partial charge in [-0.15, -0.1) is 0 Å². The number of aliphatic hydroxyl groups excluding tert-OH is 1. The van der Waals surface area contributed by atoms with E-state index in [0.29, 0.717) is 12.5 Å². The third-order valence-corrected chi connectivity index (χ3v) is 2.83. The molecule has 0 saturated carbocycles. The van der Waals surface area contributed by atoms with Gasteiger partial charge in [0.25, 0.3) is 0 Å². The Labute approximate surface area is 95.7 Å². The summed E-state index contributed by atoms with van der Waals surface area (Å²) in [6.07, 6.45) is 5.93. The van der Waals surface area contributed by atoms with Crippen molar-refractivity contribution in [1.82, 2.24) is 4.90 Å². The molecule has 0 aliphatic heterocycles. The molecule has 0 radical (unpaired) electrons. The average molecular weight is 215 g/mol. The Kier molecular flexibility index (Phi) is 10.4. The van der Waals surface area contributed by atoms with Crippen LogP contribution in [0.4, 0.5) is 0 Å². The first-order valence-electron chi connectivity index (χ1n) is 6.61. The van der Waals surface area contributed by atoms with Gasteiger partial charge < -0.3 is 10.0 Å². The minimum Gasteiger partial charge on any atom is -0.396 e. The molecule has 2 nitrogen and oxygen atoms in total. The number of rotatable bonds is 10. The molecule has 0 rings (SSSR count). The Morgan fingerprint density at radius 1 is 0.933 bits per heavy atom. The largest absolute Gasteiger partial charge is 0.396 e. The predicted octanol–water partition coefficient (Wildman–Crippen LogP) is 2.91. The van der Waals surface area contributed by atoms with E-state index in [1.54, 1.807) is 0 Å².